The smallest absolute Gasteiger partial charge is 0.326 e. The van der Waals surface area contributed by atoms with Gasteiger partial charge in [0, 0.05) is 0 Å². The van der Waals surface area contributed by atoms with Gasteiger partial charge < -0.3 is 37.0 Å². The lowest BCUT2D eigenvalue weighted by Crippen LogP contribution is -2.59. The number of carboxylic acid groups (broad SMARTS) is 2. The molecule has 0 spiro atoms. The molecular formula is C15H26N4O8S. The Morgan fingerprint density at radius 2 is 1.61 bits per heavy atom. The average molecular weight is 422 g/mol. The quantitative estimate of drug-likeness (QED) is 0.161. The highest BCUT2D eigenvalue weighted by molar-refractivity contribution is 7.98. The molecule has 0 aromatic heterocycles. The van der Waals surface area contributed by atoms with E-state index >= 15 is 0 Å². The van der Waals surface area contributed by atoms with Gasteiger partial charge in [-0.3, -0.25) is 19.2 Å². The minimum absolute atomic E-state index is 0.122. The number of carboxylic acids is 2. The molecule has 0 heterocycles. The van der Waals surface area contributed by atoms with Crippen molar-refractivity contribution in [2.75, 3.05) is 18.6 Å². The highest BCUT2D eigenvalue weighted by Crippen LogP contribution is 2.04. The third kappa shape index (κ3) is 9.53. The van der Waals surface area contributed by atoms with E-state index in [1.54, 1.807) is 6.26 Å². The number of aliphatic hydroxyl groups is 1. The monoisotopic (exact) mass is 422 g/mol. The van der Waals surface area contributed by atoms with E-state index in [2.05, 4.69) is 16.0 Å². The molecule has 0 rings (SSSR count). The molecule has 0 radical (unpaired) electrons. The Hall–Kier alpha value is -2.38. The maximum Gasteiger partial charge on any atom is 0.326 e. The summed E-state index contributed by atoms with van der Waals surface area (Å²) in [5.41, 5.74) is 5.12. The maximum absolute atomic E-state index is 12.3. The summed E-state index contributed by atoms with van der Waals surface area (Å²) in [7, 11) is 0. The molecule has 4 unspecified atom stereocenters. The van der Waals surface area contributed by atoms with Crippen LogP contribution in [-0.4, -0.2) is 87.8 Å². The Bertz CT molecular complexity index is 586. The molecular weight excluding hydrogens is 396 g/mol. The van der Waals surface area contributed by atoms with Gasteiger partial charge in [-0.25, -0.2) is 4.79 Å². The number of aliphatic hydroxyl groups excluding tert-OH is 1. The van der Waals surface area contributed by atoms with Gasteiger partial charge in [-0.1, -0.05) is 0 Å². The summed E-state index contributed by atoms with van der Waals surface area (Å²) in [5, 5.41) is 34.3. The van der Waals surface area contributed by atoms with Crippen molar-refractivity contribution in [2.45, 2.75) is 44.0 Å². The van der Waals surface area contributed by atoms with Gasteiger partial charge in [-0.15, -0.1) is 0 Å². The summed E-state index contributed by atoms with van der Waals surface area (Å²) >= 11 is 1.38. The van der Waals surface area contributed by atoms with E-state index in [1.165, 1.54) is 18.7 Å². The van der Waals surface area contributed by atoms with Crippen LogP contribution in [0, 0.1) is 0 Å². The number of carbonyl (C=O) groups excluding carboxylic acids is 3. The van der Waals surface area contributed by atoms with E-state index in [0.29, 0.717) is 5.75 Å². The molecule has 8 N–H and O–H groups in total. The second kappa shape index (κ2) is 12.9. The molecule has 160 valence electrons. The minimum atomic E-state index is -1.56. The summed E-state index contributed by atoms with van der Waals surface area (Å²) in [6.45, 7) is 0.701. The molecule has 12 nitrogen and oxygen atoms in total. The molecule has 0 saturated carbocycles. The number of thioether (sulfide) groups is 1. The van der Waals surface area contributed by atoms with Crippen molar-refractivity contribution in [2.24, 2.45) is 5.73 Å². The Balaban J connectivity index is 5.25. The van der Waals surface area contributed by atoms with Crippen molar-refractivity contribution in [3.8, 4) is 0 Å². The maximum atomic E-state index is 12.3. The van der Waals surface area contributed by atoms with Crippen LogP contribution in [0.4, 0.5) is 0 Å². The first-order valence-corrected chi connectivity index (χ1v) is 9.64. The lowest BCUT2D eigenvalue weighted by atomic mass is 10.1. The molecule has 28 heavy (non-hydrogen) atoms. The Morgan fingerprint density at radius 1 is 1.00 bits per heavy atom. The van der Waals surface area contributed by atoms with Crippen molar-refractivity contribution >= 4 is 41.4 Å². The van der Waals surface area contributed by atoms with Crippen LogP contribution in [-0.2, 0) is 24.0 Å². The second-order valence-electron chi connectivity index (χ2n) is 5.83. The van der Waals surface area contributed by atoms with Gasteiger partial charge in [-0.05, 0) is 25.4 Å². The first-order valence-electron chi connectivity index (χ1n) is 8.25. The van der Waals surface area contributed by atoms with Crippen LogP contribution in [0.5, 0.6) is 0 Å². The van der Waals surface area contributed by atoms with Gasteiger partial charge in [0.25, 0.3) is 0 Å². The van der Waals surface area contributed by atoms with E-state index in [4.69, 9.17) is 15.9 Å². The zero-order chi connectivity index (χ0) is 21.9. The summed E-state index contributed by atoms with van der Waals surface area (Å²) in [5.74, 6) is -5.01. The first kappa shape index (κ1) is 25.6. The molecule has 0 saturated heterocycles. The number of carbonyl (C=O) groups is 5. The van der Waals surface area contributed by atoms with Crippen LogP contribution in [0.25, 0.3) is 0 Å². The normalized spacial score (nSPS) is 14.9. The predicted molar refractivity (Wildman–Crippen MR) is 99.4 cm³/mol. The third-order valence-corrected chi connectivity index (χ3v) is 4.15. The van der Waals surface area contributed by atoms with Gasteiger partial charge in [0.05, 0.1) is 19.1 Å². The number of hydrogen-bond acceptors (Lipinski definition) is 8. The molecule has 0 aliphatic heterocycles. The van der Waals surface area contributed by atoms with Crippen LogP contribution in [0.2, 0.25) is 0 Å². The number of nitrogens with two attached hydrogens (primary N) is 1. The third-order valence-electron chi connectivity index (χ3n) is 3.50. The van der Waals surface area contributed by atoms with Crippen LogP contribution in [0.3, 0.4) is 0 Å². The van der Waals surface area contributed by atoms with Gasteiger partial charge in [0.1, 0.15) is 18.1 Å². The van der Waals surface area contributed by atoms with Crippen molar-refractivity contribution in [1.82, 2.24) is 16.0 Å². The highest BCUT2D eigenvalue weighted by Gasteiger charge is 2.32. The number of amides is 3. The SMILES string of the molecule is CSCCC(NC(=O)C(NC(=O)C(CC(=O)O)NC(=O)CN)C(C)O)C(=O)O. The summed E-state index contributed by atoms with van der Waals surface area (Å²) in [4.78, 5) is 58.2. The predicted octanol–water partition coefficient (Wildman–Crippen LogP) is -2.91. The summed E-state index contributed by atoms with van der Waals surface area (Å²) in [6, 6.07) is -4.33. The number of hydrogen-bond donors (Lipinski definition) is 7. The Kier molecular flexibility index (Phi) is 11.8. The Morgan fingerprint density at radius 3 is 2.04 bits per heavy atom. The number of nitrogens with one attached hydrogen (secondary N) is 3. The largest absolute Gasteiger partial charge is 0.481 e. The second-order valence-corrected chi connectivity index (χ2v) is 6.82. The van der Waals surface area contributed by atoms with Gasteiger partial charge >= 0.3 is 11.9 Å². The number of aliphatic carboxylic acids is 2. The van der Waals surface area contributed by atoms with E-state index in [9.17, 15) is 29.1 Å². The Labute approximate surface area is 165 Å². The van der Waals surface area contributed by atoms with Crippen molar-refractivity contribution < 1.29 is 39.3 Å². The molecule has 0 aromatic rings. The van der Waals surface area contributed by atoms with Gasteiger partial charge in [-0.2, -0.15) is 11.8 Å². The van der Waals surface area contributed by atoms with Crippen LogP contribution in [0.1, 0.15) is 19.8 Å². The fourth-order valence-electron chi connectivity index (χ4n) is 2.05. The van der Waals surface area contributed by atoms with Crippen molar-refractivity contribution in [3.05, 3.63) is 0 Å². The topological polar surface area (TPSA) is 208 Å². The van der Waals surface area contributed by atoms with Gasteiger partial charge in [0.2, 0.25) is 17.7 Å². The molecule has 0 fully saturated rings. The van der Waals surface area contributed by atoms with Crippen LogP contribution in [0.15, 0.2) is 0 Å². The van der Waals surface area contributed by atoms with E-state index in [-0.39, 0.29) is 6.42 Å². The van der Waals surface area contributed by atoms with Crippen LogP contribution >= 0.6 is 11.8 Å². The lowest BCUT2D eigenvalue weighted by Gasteiger charge is -2.25. The summed E-state index contributed by atoms with van der Waals surface area (Å²) < 4.78 is 0. The zero-order valence-corrected chi connectivity index (χ0v) is 16.3. The highest BCUT2D eigenvalue weighted by atomic mass is 32.2. The van der Waals surface area contributed by atoms with Crippen LogP contribution < -0.4 is 21.7 Å². The lowest BCUT2D eigenvalue weighted by molar-refractivity contribution is -0.144. The standard InChI is InChI=1S/C15H26N4O8S/c1-7(20)12(14(25)18-8(15(26)27)3-4-28-2)19-13(24)9(5-11(22)23)17-10(21)6-16/h7-9,12,20H,3-6,16H2,1-2H3,(H,17,21)(H,18,25)(H,19,24)(H,22,23)(H,26,27). The van der Waals surface area contributed by atoms with Gasteiger partial charge in [0.15, 0.2) is 0 Å². The van der Waals surface area contributed by atoms with E-state index in [1.807, 2.05) is 0 Å². The molecule has 4 atom stereocenters. The minimum Gasteiger partial charge on any atom is -0.481 e. The van der Waals surface area contributed by atoms with Crippen molar-refractivity contribution in [3.63, 3.8) is 0 Å². The van der Waals surface area contributed by atoms with E-state index < -0.39 is 66.9 Å². The zero-order valence-electron chi connectivity index (χ0n) is 15.5. The summed E-state index contributed by atoms with van der Waals surface area (Å²) in [6.07, 6.45) is -0.319. The molecule has 0 aliphatic carbocycles. The molecule has 3 amide bonds. The van der Waals surface area contributed by atoms with Crippen molar-refractivity contribution in [1.29, 1.82) is 0 Å². The molecule has 0 bridgehead atoms. The molecule has 0 aromatic carbocycles. The molecule has 13 heteroatoms. The fraction of sp³-hybridized carbons (Fsp3) is 0.667. The fourth-order valence-corrected chi connectivity index (χ4v) is 2.52. The van der Waals surface area contributed by atoms with E-state index in [0.717, 1.165) is 0 Å². The first-order chi connectivity index (χ1) is 13.0. The molecule has 0 aliphatic rings. The average Bonchev–Trinajstić information content (AvgIpc) is 2.60. The number of rotatable bonds is 13.